The average Bonchev–Trinajstić information content (AvgIpc) is 3.54. The molecule has 0 radical (unpaired) electrons. The van der Waals surface area contributed by atoms with Gasteiger partial charge >= 0.3 is 0 Å². The molecule has 6 nitrogen and oxygen atoms in total. The van der Waals surface area contributed by atoms with Crippen molar-refractivity contribution in [1.29, 1.82) is 0 Å². The van der Waals surface area contributed by atoms with Crippen LogP contribution in [0.25, 0.3) is 0 Å². The maximum absolute atomic E-state index is 13.4. The van der Waals surface area contributed by atoms with E-state index < -0.39 is 0 Å². The van der Waals surface area contributed by atoms with Gasteiger partial charge in [0, 0.05) is 51.0 Å². The third-order valence-corrected chi connectivity index (χ3v) is 7.32. The third kappa shape index (κ3) is 5.01. The van der Waals surface area contributed by atoms with Gasteiger partial charge in [0.1, 0.15) is 11.6 Å². The molecule has 162 valence electrons. The van der Waals surface area contributed by atoms with Gasteiger partial charge in [-0.1, -0.05) is 20.3 Å². The lowest BCUT2D eigenvalue weighted by molar-refractivity contribution is -0.135. The van der Waals surface area contributed by atoms with Crippen LogP contribution in [0.1, 0.15) is 89.2 Å². The Labute approximate surface area is 176 Å². The maximum atomic E-state index is 13.4. The summed E-state index contributed by atoms with van der Waals surface area (Å²) in [6.45, 7) is 9.80. The zero-order valence-corrected chi connectivity index (χ0v) is 18.5. The first-order valence-corrected chi connectivity index (χ1v) is 12.1. The highest BCUT2D eigenvalue weighted by molar-refractivity contribution is 5.76. The van der Waals surface area contributed by atoms with Crippen LogP contribution in [-0.2, 0) is 17.8 Å². The Morgan fingerprint density at radius 1 is 1.03 bits per heavy atom. The number of aryl methyl sites for hydroxylation is 1. The number of fused-ring (bicyclic) bond motifs is 1. The highest BCUT2D eigenvalue weighted by atomic mass is 16.2. The number of carbonyl (C=O) groups excluding carboxylic acids is 1. The van der Waals surface area contributed by atoms with Crippen LogP contribution in [0.2, 0.25) is 0 Å². The molecule has 0 spiro atoms. The molecule has 1 aliphatic carbocycles. The van der Waals surface area contributed by atoms with Crippen molar-refractivity contribution in [2.45, 2.75) is 96.6 Å². The minimum Gasteiger partial charge on any atom is -0.340 e. The van der Waals surface area contributed by atoms with Crippen LogP contribution in [0.3, 0.4) is 0 Å². The molecule has 6 heteroatoms. The van der Waals surface area contributed by atoms with E-state index in [1.807, 2.05) is 0 Å². The molecule has 0 N–H and O–H groups in total. The van der Waals surface area contributed by atoms with Crippen molar-refractivity contribution >= 4 is 5.91 Å². The Hall–Kier alpha value is -1.43. The van der Waals surface area contributed by atoms with E-state index in [1.54, 1.807) is 0 Å². The Morgan fingerprint density at radius 3 is 2.52 bits per heavy atom. The predicted octanol–water partition coefficient (Wildman–Crippen LogP) is 3.61. The SMILES string of the molecule is CCCCN(C(=O)CC1CCc2nnc(C3CC3)n2CC1)C1CCN(CC)CC1. The fourth-order valence-electron chi connectivity index (χ4n) is 5.17. The second-order valence-corrected chi connectivity index (χ2v) is 9.40. The molecule has 1 amide bonds. The van der Waals surface area contributed by atoms with E-state index in [0.29, 0.717) is 30.2 Å². The first-order chi connectivity index (χ1) is 14.2. The van der Waals surface area contributed by atoms with Crippen molar-refractivity contribution in [2.75, 3.05) is 26.2 Å². The number of amides is 1. The number of nitrogens with zero attached hydrogens (tertiary/aromatic N) is 5. The van der Waals surface area contributed by atoms with Crippen molar-refractivity contribution in [2.24, 2.45) is 5.92 Å². The molecule has 0 bridgehead atoms. The molecule has 3 heterocycles. The molecule has 1 saturated carbocycles. The van der Waals surface area contributed by atoms with Gasteiger partial charge in [-0.15, -0.1) is 10.2 Å². The largest absolute Gasteiger partial charge is 0.340 e. The zero-order valence-electron chi connectivity index (χ0n) is 18.5. The van der Waals surface area contributed by atoms with Gasteiger partial charge in [0.25, 0.3) is 0 Å². The van der Waals surface area contributed by atoms with E-state index in [0.717, 1.165) is 83.5 Å². The van der Waals surface area contributed by atoms with Crippen LogP contribution in [0, 0.1) is 5.92 Å². The summed E-state index contributed by atoms with van der Waals surface area (Å²) in [6, 6.07) is 0.448. The molecule has 4 rings (SSSR count). The molecule has 1 aromatic heterocycles. The van der Waals surface area contributed by atoms with Crippen LogP contribution in [-0.4, -0.2) is 62.7 Å². The number of hydrogen-bond acceptors (Lipinski definition) is 4. The molecular formula is C23H39N5O. The third-order valence-electron chi connectivity index (χ3n) is 7.32. The summed E-state index contributed by atoms with van der Waals surface area (Å²) in [4.78, 5) is 18.1. The number of rotatable bonds is 8. The standard InChI is InChI=1S/C23H39N5O/c1-3-5-13-27(20-11-14-26(4-2)15-12-20)22(29)17-18-6-9-21-24-25-23(19-7-8-19)28(21)16-10-18/h18-20H,3-17H2,1-2H3. The Bertz CT molecular complexity index is 675. The molecule has 1 saturated heterocycles. The van der Waals surface area contributed by atoms with Crippen LogP contribution in [0.5, 0.6) is 0 Å². The van der Waals surface area contributed by atoms with Gasteiger partial charge in [-0.2, -0.15) is 0 Å². The van der Waals surface area contributed by atoms with Gasteiger partial charge in [0.2, 0.25) is 5.91 Å². The Balaban J connectivity index is 1.34. The minimum absolute atomic E-state index is 0.401. The lowest BCUT2D eigenvalue weighted by Crippen LogP contribution is -2.48. The molecule has 0 aromatic carbocycles. The second kappa shape index (κ2) is 9.59. The summed E-state index contributed by atoms with van der Waals surface area (Å²) >= 11 is 0. The van der Waals surface area contributed by atoms with Crippen molar-refractivity contribution in [1.82, 2.24) is 24.6 Å². The monoisotopic (exact) mass is 401 g/mol. The van der Waals surface area contributed by atoms with Crippen LogP contribution >= 0.6 is 0 Å². The van der Waals surface area contributed by atoms with Crippen molar-refractivity contribution in [3.63, 3.8) is 0 Å². The minimum atomic E-state index is 0.401. The van der Waals surface area contributed by atoms with E-state index in [4.69, 9.17) is 0 Å². The molecule has 1 aromatic rings. The van der Waals surface area contributed by atoms with Gasteiger partial charge in [0.15, 0.2) is 0 Å². The number of likely N-dealkylation sites (tertiary alicyclic amines) is 1. The number of hydrogen-bond donors (Lipinski definition) is 0. The number of carbonyl (C=O) groups is 1. The van der Waals surface area contributed by atoms with Crippen LogP contribution in [0.4, 0.5) is 0 Å². The number of unbranched alkanes of at least 4 members (excludes halogenated alkanes) is 1. The van der Waals surface area contributed by atoms with Crippen molar-refractivity contribution in [3.05, 3.63) is 11.6 Å². The molecule has 3 aliphatic rings. The summed E-state index contributed by atoms with van der Waals surface area (Å²) in [5.41, 5.74) is 0. The van der Waals surface area contributed by atoms with E-state index in [1.165, 1.54) is 18.7 Å². The highest BCUT2D eigenvalue weighted by Crippen LogP contribution is 2.40. The van der Waals surface area contributed by atoms with Crippen molar-refractivity contribution < 1.29 is 4.79 Å². The zero-order chi connectivity index (χ0) is 20.2. The number of piperidine rings is 1. The maximum Gasteiger partial charge on any atom is 0.223 e. The fraction of sp³-hybridized carbons (Fsp3) is 0.870. The smallest absolute Gasteiger partial charge is 0.223 e. The van der Waals surface area contributed by atoms with Gasteiger partial charge in [0.05, 0.1) is 0 Å². The lowest BCUT2D eigenvalue weighted by Gasteiger charge is -2.39. The lowest BCUT2D eigenvalue weighted by atomic mass is 9.94. The second-order valence-electron chi connectivity index (χ2n) is 9.40. The van der Waals surface area contributed by atoms with Gasteiger partial charge in [-0.25, -0.2) is 0 Å². The molecule has 2 fully saturated rings. The first kappa shape index (κ1) is 20.8. The summed E-state index contributed by atoms with van der Waals surface area (Å²) in [5.74, 6) is 3.89. The molecule has 1 atom stereocenters. The number of aromatic nitrogens is 3. The predicted molar refractivity (Wildman–Crippen MR) is 115 cm³/mol. The highest BCUT2D eigenvalue weighted by Gasteiger charge is 2.33. The van der Waals surface area contributed by atoms with E-state index >= 15 is 0 Å². The van der Waals surface area contributed by atoms with Crippen LogP contribution in [0.15, 0.2) is 0 Å². The Kier molecular flexibility index (Phi) is 6.88. The summed E-state index contributed by atoms with van der Waals surface area (Å²) in [7, 11) is 0. The van der Waals surface area contributed by atoms with Gasteiger partial charge in [-0.05, 0) is 57.4 Å². The van der Waals surface area contributed by atoms with Crippen LogP contribution < -0.4 is 0 Å². The molecule has 2 aliphatic heterocycles. The summed E-state index contributed by atoms with van der Waals surface area (Å²) in [5, 5.41) is 8.93. The Morgan fingerprint density at radius 2 is 1.83 bits per heavy atom. The van der Waals surface area contributed by atoms with E-state index in [2.05, 4.69) is 38.4 Å². The van der Waals surface area contributed by atoms with Gasteiger partial charge < -0.3 is 14.4 Å². The summed E-state index contributed by atoms with van der Waals surface area (Å²) in [6.07, 6.45) is 10.9. The van der Waals surface area contributed by atoms with Gasteiger partial charge in [-0.3, -0.25) is 4.79 Å². The normalized spacial score (nSPS) is 23.6. The van der Waals surface area contributed by atoms with E-state index in [-0.39, 0.29) is 0 Å². The summed E-state index contributed by atoms with van der Waals surface area (Å²) < 4.78 is 2.37. The quantitative estimate of drug-likeness (QED) is 0.668. The fourth-order valence-corrected chi connectivity index (χ4v) is 5.17. The van der Waals surface area contributed by atoms with Crippen molar-refractivity contribution in [3.8, 4) is 0 Å². The first-order valence-electron chi connectivity index (χ1n) is 12.1. The van der Waals surface area contributed by atoms with E-state index in [9.17, 15) is 4.79 Å². The molecule has 29 heavy (non-hydrogen) atoms. The topological polar surface area (TPSA) is 54.3 Å². The molecular weight excluding hydrogens is 362 g/mol. The average molecular weight is 402 g/mol. The molecule has 1 unspecified atom stereocenters.